The van der Waals surface area contributed by atoms with E-state index in [0.717, 1.165) is 63.9 Å². The van der Waals surface area contributed by atoms with Crippen molar-refractivity contribution in [2.45, 2.75) is 36.3 Å². The van der Waals surface area contributed by atoms with E-state index in [1.54, 1.807) is 40.9 Å². The Morgan fingerprint density at radius 2 is 1.74 bits per heavy atom. The number of anilines is 1. The maximum Gasteiger partial charge on any atom is 0.415 e. The molecule has 0 bridgehead atoms. The van der Waals surface area contributed by atoms with Gasteiger partial charge in [0.1, 0.15) is 5.75 Å². The summed E-state index contributed by atoms with van der Waals surface area (Å²) in [7, 11) is 4.04. The van der Waals surface area contributed by atoms with Crippen LogP contribution in [0.1, 0.15) is 28.8 Å². The maximum atomic E-state index is 12.8. The van der Waals surface area contributed by atoms with Crippen molar-refractivity contribution in [2.75, 3.05) is 65.3 Å². The molecule has 2 amide bonds. The van der Waals surface area contributed by atoms with Gasteiger partial charge in [0.2, 0.25) is 5.16 Å². The van der Waals surface area contributed by atoms with E-state index in [0.29, 0.717) is 35.3 Å². The number of hydrogen-bond acceptors (Lipinski definition) is 10. The molecule has 0 saturated carbocycles. The predicted molar refractivity (Wildman–Crippen MR) is 160 cm³/mol. The molecule has 0 atom stereocenters. The first-order valence-electron chi connectivity index (χ1n) is 14.3. The minimum atomic E-state index is -0.372. The van der Waals surface area contributed by atoms with Crippen LogP contribution in [0.4, 0.5) is 10.5 Å². The monoisotopic (exact) mass is 594 g/mol. The van der Waals surface area contributed by atoms with Gasteiger partial charge in [-0.15, -0.1) is 5.10 Å². The molecule has 3 heterocycles. The molecule has 0 aliphatic carbocycles. The first kappa shape index (κ1) is 30.0. The zero-order chi connectivity index (χ0) is 29.3. The van der Waals surface area contributed by atoms with E-state index in [4.69, 9.17) is 9.47 Å². The molecular weight excluding hydrogens is 556 g/mol. The van der Waals surface area contributed by atoms with Crippen LogP contribution in [-0.4, -0.2) is 112 Å². The molecule has 0 radical (unpaired) electrons. The Morgan fingerprint density at radius 3 is 2.43 bits per heavy atom. The topological polar surface area (TPSA) is 118 Å². The predicted octanol–water partition coefficient (Wildman–Crippen LogP) is 3.07. The molecule has 1 aromatic heterocycles. The smallest absolute Gasteiger partial charge is 0.410 e. The van der Waals surface area contributed by atoms with Crippen LogP contribution in [0.3, 0.4) is 0 Å². The molecule has 2 aliphatic rings. The largest absolute Gasteiger partial charge is 0.415 e. The first-order chi connectivity index (χ1) is 20.4. The fraction of sp³-hybridized carbons (Fsp3) is 0.483. The van der Waals surface area contributed by atoms with Gasteiger partial charge in [-0.05, 0) is 79.3 Å². The standard InChI is InChI=1S/C29H38N8O4S/c1-34(2)15-16-37-28(31-32-33-37)42-26-11-13-36(14-12-26)29(39)41-25-9-7-24(8-10-25)30-27(38)23-5-3-22(4-6-23)21-35-17-19-40-20-18-35/h3-10,26H,11-21H2,1-2H3,(H,30,38). The number of hydrogen-bond donors (Lipinski definition) is 1. The highest BCUT2D eigenvalue weighted by Crippen LogP contribution is 2.29. The van der Waals surface area contributed by atoms with Crippen LogP contribution in [0.15, 0.2) is 53.7 Å². The molecule has 5 rings (SSSR count). The lowest BCUT2D eigenvalue weighted by Gasteiger charge is -2.30. The van der Waals surface area contributed by atoms with E-state index in [1.165, 1.54) is 5.56 Å². The highest BCUT2D eigenvalue weighted by atomic mass is 32.2. The molecule has 224 valence electrons. The third kappa shape index (κ3) is 8.51. The zero-order valence-electron chi connectivity index (χ0n) is 24.1. The minimum absolute atomic E-state index is 0.190. The highest BCUT2D eigenvalue weighted by Gasteiger charge is 2.26. The Labute approximate surface area is 250 Å². The van der Waals surface area contributed by atoms with Gasteiger partial charge in [0.05, 0.1) is 19.8 Å². The Bertz CT molecular complexity index is 1300. The van der Waals surface area contributed by atoms with E-state index >= 15 is 0 Å². The lowest BCUT2D eigenvalue weighted by Crippen LogP contribution is -2.41. The van der Waals surface area contributed by atoms with Crippen LogP contribution < -0.4 is 10.1 Å². The van der Waals surface area contributed by atoms with Gasteiger partial charge >= 0.3 is 6.09 Å². The van der Waals surface area contributed by atoms with Crippen LogP contribution in [0.5, 0.6) is 5.75 Å². The van der Waals surface area contributed by atoms with E-state index in [-0.39, 0.29) is 12.0 Å². The summed E-state index contributed by atoms with van der Waals surface area (Å²) in [4.78, 5) is 31.7. The number of tetrazole rings is 1. The van der Waals surface area contributed by atoms with Gasteiger partial charge in [-0.1, -0.05) is 23.9 Å². The van der Waals surface area contributed by atoms with Gasteiger partial charge in [0.15, 0.2) is 0 Å². The van der Waals surface area contributed by atoms with Gasteiger partial charge < -0.3 is 24.6 Å². The van der Waals surface area contributed by atoms with Crippen LogP contribution in [0.25, 0.3) is 0 Å². The third-order valence-electron chi connectivity index (χ3n) is 7.27. The van der Waals surface area contributed by atoms with Crippen molar-refractivity contribution in [3.63, 3.8) is 0 Å². The van der Waals surface area contributed by atoms with Crippen molar-refractivity contribution < 1.29 is 19.1 Å². The number of carbonyl (C=O) groups excluding carboxylic acids is 2. The second-order valence-corrected chi connectivity index (χ2v) is 12.0. The molecule has 2 fully saturated rings. The lowest BCUT2D eigenvalue weighted by molar-refractivity contribution is 0.0342. The van der Waals surface area contributed by atoms with Gasteiger partial charge in [-0.2, -0.15) is 0 Å². The maximum absolute atomic E-state index is 12.8. The van der Waals surface area contributed by atoms with E-state index in [1.807, 2.05) is 43.0 Å². The average molecular weight is 595 g/mol. The molecule has 12 nitrogen and oxygen atoms in total. The van der Waals surface area contributed by atoms with Crippen LogP contribution >= 0.6 is 11.8 Å². The van der Waals surface area contributed by atoms with Gasteiger partial charge in [0.25, 0.3) is 5.91 Å². The molecule has 2 aliphatic heterocycles. The summed E-state index contributed by atoms with van der Waals surface area (Å²) in [5.74, 6) is 0.243. The summed E-state index contributed by atoms with van der Waals surface area (Å²) in [5, 5.41) is 16.1. The minimum Gasteiger partial charge on any atom is -0.410 e. The van der Waals surface area contributed by atoms with Crippen molar-refractivity contribution in [1.29, 1.82) is 0 Å². The van der Waals surface area contributed by atoms with Crippen molar-refractivity contribution in [1.82, 2.24) is 34.9 Å². The molecule has 0 spiro atoms. The number of amides is 2. The third-order valence-corrected chi connectivity index (χ3v) is 8.58. The molecule has 2 aromatic carbocycles. The number of carbonyl (C=O) groups is 2. The Morgan fingerprint density at radius 1 is 1.02 bits per heavy atom. The molecule has 1 N–H and O–H groups in total. The second kappa shape index (κ2) is 14.6. The van der Waals surface area contributed by atoms with Crippen molar-refractivity contribution in [3.05, 3.63) is 59.7 Å². The summed E-state index contributed by atoms with van der Waals surface area (Å²) in [6.07, 6.45) is 1.29. The Kier molecular flexibility index (Phi) is 10.4. The summed E-state index contributed by atoms with van der Waals surface area (Å²) in [5.41, 5.74) is 2.38. The van der Waals surface area contributed by atoms with E-state index < -0.39 is 0 Å². The summed E-state index contributed by atoms with van der Waals surface area (Å²) in [6, 6.07) is 14.5. The molecular formula is C29H38N8O4S. The Balaban J connectivity index is 1.05. The zero-order valence-corrected chi connectivity index (χ0v) is 25.0. The Hall–Kier alpha value is -3.52. The number of rotatable bonds is 10. The molecule has 2 saturated heterocycles. The molecule has 13 heteroatoms. The average Bonchev–Trinajstić information content (AvgIpc) is 3.45. The number of nitrogens with zero attached hydrogens (tertiary/aromatic N) is 7. The summed E-state index contributed by atoms with van der Waals surface area (Å²) in [6.45, 7) is 7.03. The number of aromatic nitrogens is 4. The van der Waals surface area contributed by atoms with Crippen LogP contribution in [-0.2, 0) is 17.8 Å². The van der Waals surface area contributed by atoms with Crippen molar-refractivity contribution in [2.24, 2.45) is 0 Å². The molecule has 0 unspecified atom stereocenters. The number of likely N-dealkylation sites (N-methyl/N-ethyl adjacent to an activating group) is 1. The highest BCUT2D eigenvalue weighted by molar-refractivity contribution is 7.99. The van der Waals surface area contributed by atoms with Crippen LogP contribution in [0, 0.1) is 0 Å². The number of piperidine rings is 1. The fourth-order valence-electron chi connectivity index (χ4n) is 4.78. The number of morpholine rings is 1. The quantitative estimate of drug-likeness (QED) is 0.375. The van der Waals surface area contributed by atoms with Gasteiger partial charge in [-0.25, -0.2) is 9.48 Å². The second-order valence-electron chi connectivity index (χ2n) is 10.7. The summed E-state index contributed by atoms with van der Waals surface area (Å²) >= 11 is 1.67. The number of benzene rings is 2. The SMILES string of the molecule is CN(C)CCn1nnnc1SC1CCN(C(=O)Oc2ccc(NC(=O)c3ccc(CN4CCOCC4)cc3)cc2)CC1. The number of likely N-dealkylation sites (tertiary alicyclic amines) is 1. The van der Waals surface area contributed by atoms with E-state index in [9.17, 15) is 9.59 Å². The van der Waals surface area contributed by atoms with Crippen molar-refractivity contribution >= 4 is 29.4 Å². The number of thioether (sulfide) groups is 1. The summed E-state index contributed by atoms with van der Waals surface area (Å²) < 4.78 is 12.8. The number of nitrogens with one attached hydrogen (secondary N) is 1. The van der Waals surface area contributed by atoms with E-state index in [2.05, 4.69) is 30.6 Å². The lowest BCUT2D eigenvalue weighted by atomic mass is 10.1. The number of ether oxygens (including phenoxy) is 2. The normalized spacial score (nSPS) is 16.5. The first-order valence-corrected chi connectivity index (χ1v) is 15.2. The van der Waals surface area contributed by atoms with Crippen LogP contribution in [0.2, 0.25) is 0 Å². The molecule has 42 heavy (non-hydrogen) atoms. The molecule has 3 aromatic rings. The van der Waals surface area contributed by atoms with Crippen molar-refractivity contribution in [3.8, 4) is 5.75 Å². The van der Waals surface area contributed by atoms with Gasteiger partial charge in [-0.3, -0.25) is 9.69 Å². The fourth-order valence-corrected chi connectivity index (χ4v) is 5.85. The van der Waals surface area contributed by atoms with Gasteiger partial charge in [0, 0.05) is 55.8 Å².